The van der Waals surface area contributed by atoms with E-state index in [2.05, 4.69) is 0 Å². The summed E-state index contributed by atoms with van der Waals surface area (Å²) < 4.78 is 0. The number of phenolic OH excluding ortho intramolecular Hbond substituents is 1. The molecule has 2 nitrogen and oxygen atoms in total. The van der Waals surface area contributed by atoms with Gasteiger partial charge in [-0.15, -0.1) is 0 Å². The number of aryl methyl sites for hydroxylation is 1. The molecule has 2 heteroatoms. The number of aromatic hydroxyl groups is 1. The highest BCUT2D eigenvalue weighted by atomic mass is 16.3. The zero-order valence-corrected chi connectivity index (χ0v) is 10.1. The highest BCUT2D eigenvalue weighted by molar-refractivity contribution is 6.08. The Morgan fingerprint density at radius 3 is 2.50 bits per heavy atom. The summed E-state index contributed by atoms with van der Waals surface area (Å²) in [6.45, 7) is 1.87. The molecule has 0 amide bonds. The summed E-state index contributed by atoms with van der Waals surface area (Å²) in [5.74, 6) is -0.172. The second-order valence-corrected chi connectivity index (χ2v) is 4.13. The van der Waals surface area contributed by atoms with Gasteiger partial charge < -0.3 is 5.11 Å². The highest BCUT2D eigenvalue weighted by Gasteiger charge is 2.07. The molecule has 2 rings (SSSR count). The average Bonchev–Trinajstić information content (AvgIpc) is 2.37. The Bertz CT molecular complexity index is 583. The lowest BCUT2D eigenvalue weighted by Crippen LogP contribution is -1.95. The van der Waals surface area contributed by atoms with Crippen molar-refractivity contribution in [2.45, 2.75) is 6.92 Å². The molecular weight excluding hydrogens is 224 g/mol. The maximum Gasteiger partial charge on any atom is 0.189 e. The van der Waals surface area contributed by atoms with Crippen LogP contribution in [0.1, 0.15) is 21.5 Å². The first kappa shape index (κ1) is 12.1. The molecule has 2 aromatic carbocycles. The molecular formula is C16H14O2. The summed E-state index contributed by atoms with van der Waals surface area (Å²) in [5, 5.41) is 9.70. The molecule has 0 aromatic heterocycles. The van der Waals surface area contributed by atoms with Crippen LogP contribution in [0, 0.1) is 6.92 Å². The number of carbonyl (C=O) groups excluding carboxylic acids is 1. The van der Waals surface area contributed by atoms with Crippen LogP contribution in [0.5, 0.6) is 5.75 Å². The van der Waals surface area contributed by atoms with Gasteiger partial charge in [-0.1, -0.05) is 42.5 Å². The van der Waals surface area contributed by atoms with Gasteiger partial charge in [0.1, 0.15) is 5.75 Å². The Morgan fingerprint density at radius 2 is 1.83 bits per heavy atom. The van der Waals surface area contributed by atoms with Crippen molar-refractivity contribution in [3.63, 3.8) is 0 Å². The number of rotatable bonds is 3. The van der Waals surface area contributed by atoms with Gasteiger partial charge in [-0.25, -0.2) is 0 Å². The monoisotopic (exact) mass is 238 g/mol. The molecule has 0 spiro atoms. The molecule has 0 atom stereocenters. The lowest BCUT2D eigenvalue weighted by molar-refractivity contribution is 0.104. The zero-order valence-electron chi connectivity index (χ0n) is 10.1. The number of hydrogen-bond donors (Lipinski definition) is 1. The summed E-state index contributed by atoms with van der Waals surface area (Å²) >= 11 is 0. The van der Waals surface area contributed by atoms with Crippen molar-refractivity contribution in [3.8, 4) is 5.75 Å². The van der Waals surface area contributed by atoms with E-state index in [1.54, 1.807) is 18.2 Å². The van der Waals surface area contributed by atoms with E-state index in [9.17, 15) is 9.90 Å². The molecule has 0 aliphatic rings. The Hall–Kier alpha value is -2.35. The van der Waals surface area contributed by atoms with Gasteiger partial charge in [0.15, 0.2) is 5.78 Å². The fourth-order valence-corrected chi connectivity index (χ4v) is 1.68. The SMILES string of the molecule is Cc1ccc(C(=O)/C=C\c2ccccc2)c(O)c1. The third-order valence-electron chi connectivity index (χ3n) is 2.65. The van der Waals surface area contributed by atoms with Crippen LogP contribution in [0.15, 0.2) is 54.6 Å². The molecule has 18 heavy (non-hydrogen) atoms. The number of benzene rings is 2. The summed E-state index contributed by atoms with van der Waals surface area (Å²) in [6, 6.07) is 14.6. The number of carbonyl (C=O) groups is 1. The van der Waals surface area contributed by atoms with Gasteiger partial charge in [-0.05, 0) is 36.3 Å². The second kappa shape index (κ2) is 5.32. The fourth-order valence-electron chi connectivity index (χ4n) is 1.68. The minimum atomic E-state index is -0.198. The van der Waals surface area contributed by atoms with Crippen LogP contribution in [0.2, 0.25) is 0 Å². The van der Waals surface area contributed by atoms with Crippen LogP contribution in [-0.2, 0) is 0 Å². The van der Waals surface area contributed by atoms with Crippen molar-refractivity contribution in [2.24, 2.45) is 0 Å². The first-order chi connectivity index (χ1) is 8.66. The Kier molecular flexibility index (Phi) is 3.58. The topological polar surface area (TPSA) is 37.3 Å². The van der Waals surface area contributed by atoms with Gasteiger partial charge in [0.05, 0.1) is 5.56 Å². The maximum atomic E-state index is 11.9. The van der Waals surface area contributed by atoms with Crippen LogP contribution in [0.3, 0.4) is 0 Å². The largest absolute Gasteiger partial charge is 0.507 e. The Morgan fingerprint density at radius 1 is 1.11 bits per heavy atom. The van der Waals surface area contributed by atoms with Gasteiger partial charge in [-0.3, -0.25) is 4.79 Å². The smallest absolute Gasteiger partial charge is 0.189 e. The standard InChI is InChI=1S/C16H14O2/c1-12-7-9-14(16(18)11-12)15(17)10-8-13-5-3-2-4-6-13/h2-11,18H,1H3/b10-8-. The summed E-state index contributed by atoms with van der Waals surface area (Å²) in [4.78, 5) is 11.9. The first-order valence-electron chi connectivity index (χ1n) is 5.74. The van der Waals surface area contributed by atoms with Gasteiger partial charge >= 0.3 is 0 Å². The van der Waals surface area contributed by atoms with E-state index in [0.29, 0.717) is 5.56 Å². The fraction of sp³-hybridized carbons (Fsp3) is 0.0625. The predicted octanol–water partition coefficient (Wildman–Crippen LogP) is 3.60. The van der Waals surface area contributed by atoms with E-state index in [4.69, 9.17) is 0 Å². The van der Waals surface area contributed by atoms with Gasteiger partial charge in [0.2, 0.25) is 0 Å². The van der Waals surface area contributed by atoms with Gasteiger partial charge in [-0.2, -0.15) is 0 Å². The predicted molar refractivity (Wildman–Crippen MR) is 72.7 cm³/mol. The van der Waals surface area contributed by atoms with E-state index in [0.717, 1.165) is 11.1 Å². The lowest BCUT2D eigenvalue weighted by Gasteiger charge is -2.01. The van der Waals surface area contributed by atoms with Crippen LogP contribution < -0.4 is 0 Å². The van der Waals surface area contributed by atoms with Gasteiger partial charge in [0, 0.05) is 0 Å². The van der Waals surface area contributed by atoms with Crippen molar-refractivity contribution in [2.75, 3.05) is 0 Å². The molecule has 0 unspecified atom stereocenters. The second-order valence-electron chi connectivity index (χ2n) is 4.13. The normalized spacial score (nSPS) is 10.7. The Labute approximate surface area is 106 Å². The van der Waals surface area contributed by atoms with Crippen LogP contribution in [0.25, 0.3) is 6.08 Å². The van der Waals surface area contributed by atoms with Crippen LogP contribution >= 0.6 is 0 Å². The van der Waals surface area contributed by atoms with E-state index >= 15 is 0 Å². The van der Waals surface area contributed by atoms with Crippen LogP contribution in [0.4, 0.5) is 0 Å². The molecule has 1 N–H and O–H groups in total. The minimum absolute atomic E-state index is 0.0257. The highest BCUT2D eigenvalue weighted by Crippen LogP contribution is 2.19. The average molecular weight is 238 g/mol. The Balaban J connectivity index is 2.20. The molecule has 0 saturated heterocycles. The first-order valence-corrected chi connectivity index (χ1v) is 5.74. The lowest BCUT2D eigenvalue weighted by atomic mass is 10.1. The van der Waals surface area contributed by atoms with E-state index < -0.39 is 0 Å². The number of hydrogen-bond acceptors (Lipinski definition) is 2. The minimum Gasteiger partial charge on any atom is -0.507 e. The molecule has 0 fully saturated rings. The molecule has 2 aromatic rings. The quantitative estimate of drug-likeness (QED) is 0.655. The van der Waals surface area contributed by atoms with Crippen LogP contribution in [-0.4, -0.2) is 10.9 Å². The zero-order chi connectivity index (χ0) is 13.0. The summed E-state index contributed by atoms with van der Waals surface area (Å²) in [6.07, 6.45) is 3.21. The molecule has 0 saturated carbocycles. The molecule has 0 radical (unpaired) electrons. The molecule has 0 bridgehead atoms. The molecule has 90 valence electrons. The number of allylic oxidation sites excluding steroid dienone is 1. The summed E-state index contributed by atoms with van der Waals surface area (Å²) in [5.41, 5.74) is 2.21. The van der Waals surface area contributed by atoms with Gasteiger partial charge in [0.25, 0.3) is 0 Å². The summed E-state index contributed by atoms with van der Waals surface area (Å²) in [7, 11) is 0. The number of phenols is 1. The van der Waals surface area contributed by atoms with Crippen molar-refractivity contribution >= 4 is 11.9 Å². The molecule has 0 aliphatic heterocycles. The van der Waals surface area contributed by atoms with E-state index in [1.807, 2.05) is 43.3 Å². The third kappa shape index (κ3) is 2.86. The van der Waals surface area contributed by atoms with Crippen molar-refractivity contribution in [1.29, 1.82) is 0 Å². The third-order valence-corrected chi connectivity index (χ3v) is 2.65. The van der Waals surface area contributed by atoms with E-state index in [-0.39, 0.29) is 11.5 Å². The van der Waals surface area contributed by atoms with E-state index in [1.165, 1.54) is 6.08 Å². The molecule has 0 aliphatic carbocycles. The van der Waals surface area contributed by atoms with Crippen molar-refractivity contribution in [1.82, 2.24) is 0 Å². The number of ketones is 1. The van der Waals surface area contributed by atoms with Crippen molar-refractivity contribution in [3.05, 3.63) is 71.3 Å². The maximum absolute atomic E-state index is 11.9. The van der Waals surface area contributed by atoms with Crippen molar-refractivity contribution < 1.29 is 9.90 Å². The molecule has 0 heterocycles.